The molecule has 0 saturated heterocycles. The van der Waals surface area contributed by atoms with Gasteiger partial charge in [-0.25, -0.2) is 0 Å². The first-order chi connectivity index (χ1) is 9.88. The maximum Gasteiger partial charge on any atom is 0.244 e. The number of hydrogen-bond donors (Lipinski definition) is 1. The normalized spacial score (nSPS) is 11.5. The maximum absolute atomic E-state index is 12.2. The highest BCUT2D eigenvalue weighted by molar-refractivity contribution is 5.86. The van der Waals surface area contributed by atoms with Crippen molar-refractivity contribution in [1.29, 1.82) is 0 Å². The van der Waals surface area contributed by atoms with Crippen LogP contribution in [0, 0.1) is 0 Å². The SMILES string of the molecule is COc1ccc(CN(C)C(=O)C(C)NC(C)=O)c(OC)c1. The standard InChI is InChI=1S/C15H22N2O4/c1-10(16-11(2)18)15(19)17(3)9-12-6-7-13(20-4)8-14(12)21-5/h6-8,10H,9H2,1-5H3,(H,16,18). The fourth-order valence-electron chi connectivity index (χ4n) is 2.01. The number of carbonyl (C=O) groups excluding carboxylic acids is 2. The third-order valence-corrected chi connectivity index (χ3v) is 3.07. The van der Waals surface area contributed by atoms with Gasteiger partial charge in [0.05, 0.1) is 14.2 Å². The molecule has 6 nitrogen and oxygen atoms in total. The topological polar surface area (TPSA) is 67.9 Å². The van der Waals surface area contributed by atoms with Crippen molar-refractivity contribution in [2.45, 2.75) is 26.4 Å². The van der Waals surface area contributed by atoms with Crippen LogP contribution < -0.4 is 14.8 Å². The summed E-state index contributed by atoms with van der Waals surface area (Å²) in [6, 6.07) is 4.87. The van der Waals surface area contributed by atoms with Crippen molar-refractivity contribution >= 4 is 11.8 Å². The largest absolute Gasteiger partial charge is 0.497 e. The molecular weight excluding hydrogens is 272 g/mol. The van der Waals surface area contributed by atoms with Crippen LogP contribution in [0.2, 0.25) is 0 Å². The Labute approximate surface area is 125 Å². The molecule has 0 heterocycles. The minimum absolute atomic E-state index is 0.164. The van der Waals surface area contributed by atoms with Crippen LogP contribution in [0.4, 0.5) is 0 Å². The van der Waals surface area contributed by atoms with E-state index in [1.54, 1.807) is 39.2 Å². The molecule has 116 valence electrons. The Hall–Kier alpha value is -2.24. The van der Waals surface area contributed by atoms with Gasteiger partial charge in [-0.05, 0) is 19.1 Å². The van der Waals surface area contributed by atoms with E-state index in [2.05, 4.69) is 5.32 Å². The molecule has 1 rings (SSSR count). The van der Waals surface area contributed by atoms with Crippen molar-refractivity contribution in [2.75, 3.05) is 21.3 Å². The highest BCUT2D eigenvalue weighted by atomic mass is 16.5. The van der Waals surface area contributed by atoms with Crippen molar-refractivity contribution in [3.8, 4) is 11.5 Å². The molecule has 1 aromatic carbocycles. The Balaban J connectivity index is 2.80. The molecule has 0 spiro atoms. The van der Waals surface area contributed by atoms with Gasteiger partial charge in [-0.15, -0.1) is 0 Å². The van der Waals surface area contributed by atoms with Gasteiger partial charge in [-0.3, -0.25) is 9.59 Å². The van der Waals surface area contributed by atoms with Gasteiger partial charge in [0.2, 0.25) is 11.8 Å². The van der Waals surface area contributed by atoms with E-state index in [0.717, 1.165) is 5.56 Å². The lowest BCUT2D eigenvalue weighted by Gasteiger charge is -2.23. The summed E-state index contributed by atoms with van der Waals surface area (Å²) >= 11 is 0. The number of benzene rings is 1. The number of ether oxygens (including phenoxy) is 2. The summed E-state index contributed by atoms with van der Waals surface area (Å²) in [5, 5.41) is 2.57. The third kappa shape index (κ3) is 4.66. The van der Waals surface area contributed by atoms with E-state index in [0.29, 0.717) is 18.0 Å². The van der Waals surface area contributed by atoms with Gasteiger partial charge in [0.25, 0.3) is 0 Å². The third-order valence-electron chi connectivity index (χ3n) is 3.07. The van der Waals surface area contributed by atoms with E-state index in [4.69, 9.17) is 9.47 Å². The van der Waals surface area contributed by atoms with E-state index < -0.39 is 6.04 Å². The van der Waals surface area contributed by atoms with Gasteiger partial charge in [0, 0.05) is 32.1 Å². The summed E-state index contributed by atoms with van der Waals surface area (Å²) in [5.41, 5.74) is 0.865. The predicted molar refractivity (Wildman–Crippen MR) is 79.3 cm³/mol. The number of hydrogen-bond acceptors (Lipinski definition) is 4. The second kappa shape index (κ2) is 7.52. The number of nitrogens with one attached hydrogen (secondary N) is 1. The molecule has 2 amide bonds. The van der Waals surface area contributed by atoms with Crippen LogP contribution >= 0.6 is 0 Å². The molecule has 21 heavy (non-hydrogen) atoms. The zero-order valence-electron chi connectivity index (χ0n) is 13.1. The number of carbonyl (C=O) groups is 2. The highest BCUT2D eigenvalue weighted by Crippen LogP contribution is 2.25. The molecule has 0 fully saturated rings. The van der Waals surface area contributed by atoms with E-state index in [9.17, 15) is 9.59 Å². The van der Waals surface area contributed by atoms with Crippen LogP contribution in [0.3, 0.4) is 0 Å². The van der Waals surface area contributed by atoms with Crippen molar-refractivity contribution in [1.82, 2.24) is 10.2 Å². The molecule has 1 unspecified atom stereocenters. The molecule has 0 aliphatic rings. The van der Waals surface area contributed by atoms with Crippen LogP contribution in [0.5, 0.6) is 11.5 Å². The molecule has 1 atom stereocenters. The van der Waals surface area contributed by atoms with Crippen LogP contribution in [-0.2, 0) is 16.1 Å². The predicted octanol–water partition coefficient (Wildman–Crippen LogP) is 1.19. The van der Waals surface area contributed by atoms with Gasteiger partial charge in [0.1, 0.15) is 17.5 Å². The molecule has 1 aromatic rings. The summed E-state index contributed by atoms with van der Waals surface area (Å²) in [6.07, 6.45) is 0. The van der Waals surface area contributed by atoms with E-state index in [-0.39, 0.29) is 11.8 Å². The van der Waals surface area contributed by atoms with Crippen molar-refractivity contribution in [3.63, 3.8) is 0 Å². The first-order valence-electron chi connectivity index (χ1n) is 6.62. The second-order valence-electron chi connectivity index (χ2n) is 4.79. The van der Waals surface area contributed by atoms with Crippen molar-refractivity contribution in [3.05, 3.63) is 23.8 Å². The van der Waals surface area contributed by atoms with Crippen LogP contribution in [-0.4, -0.2) is 44.0 Å². The average Bonchev–Trinajstić information content (AvgIpc) is 2.45. The Bertz CT molecular complexity index is 516. The lowest BCUT2D eigenvalue weighted by atomic mass is 10.1. The first-order valence-corrected chi connectivity index (χ1v) is 6.62. The smallest absolute Gasteiger partial charge is 0.244 e. The van der Waals surface area contributed by atoms with E-state index in [1.165, 1.54) is 6.92 Å². The molecule has 0 saturated carbocycles. The minimum Gasteiger partial charge on any atom is -0.497 e. The lowest BCUT2D eigenvalue weighted by Crippen LogP contribution is -2.44. The van der Waals surface area contributed by atoms with Crippen LogP contribution in [0.1, 0.15) is 19.4 Å². The summed E-state index contributed by atoms with van der Waals surface area (Å²) < 4.78 is 10.4. The number of rotatable bonds is 6. The van der Waals surface area contributed by atoms with E-state index >= 15 is 0 Å². The fourth-order valence-corrected chi connectivity index (χ4v) is 2.01. The maximum atomic E-state index is 12.2. The average molecular weight is 294 g/mol. The lowest BCUT2D eigenvalue weighted by molar-refractivity contribution is -0.134. The second-order valence-corrected chi connectivity index (χ2v) is 4.79. The Morgan fingerprint density at radius 3 is 2.48 bits per heavy atom. The Morgan fingerprint density at radius 1 is 1.29 bits per heavy atom. The highest BCUT2D eigenvalue weighted by Gasteiger charge is 2.19. The number of amides is 2. The summed E-state index contributed by atoms with van der Waals surface area (Å²) in [5.74, 6) is 0.951. The molecule has 0 radical (unpaired) electrons. The molecule has 0 aliphatic carbocycles. The zero-order chi connectivity index (χ0) is 16.0. The molecule has 0 aliphatic heterocycles. The van der Waals surface area contributed by atoms with Gasteiger partial charge in [-0.1, -0.05) is 0 Å². The summed E-state index contributed by atoms with van der Waals surface area (Å²) in [6.45, 7) is 3.43. The van der Waals surface area contributed by atoms with Gasteiger partial charge < -0.3 is 19.7 Å². The van der Waals surface area contributed by atoms with Crippen molar-refractivity contribution < 1.29 is 19.1 Å². The minimum atomic E-state index is -0.559. The molecule has 1 N–H and O–H groups in total. The number of methoxy groups -OCH3 is 2. The number of likely N-dealkylation sites (N-methyl/N-ethyl adjacent to an activating group) is 1. The molecule has 0 aromatic heterocycles. The molecule has 0 bridgehead atoms. The van der Waals surface area contributed by atoms with Gasteiger partial charge >= 0.3 is 0 Å². The fraction of sp³-hybridized carbons (Fsp3) is 0.467. The van der Waals surface area contributed by atoms with Crippen molar-refractivity contribution in [2.24, 2.45) is 0 Å². The Kier molecular flexibility index (Phi) is 6.02. The van der Waals surface area contributed by atoms with Gasteiger partial charge in [-0.2, -0.15) is 0 Å². The van der Waals surface area contributed by atoms with Gasteiger partial charge in [0.15, 0.2) is 0 Å². The van der Waals surface area contributed by atoms with E-state index in [1.807, 2.05) is 12.1 Å². The molecular formula is C15H22N2O4. The zero-order valence-corrected chi connectivity index (χ0v) is 13.1. The van der Waals surface area contributed by atoms with Crippen LogP contribution in [0.25, 0.3) is 0 Å². The number of nitrogens with zero attached hydrogens (tertiary/aromatic N) is 1. The molecule has 6 heteroatoms. The monoisotopic (exact) mass is 294 g/mol. The Morgan fingerprint density at radius 2 is 1.95 bits per heavy atom. The summed E-state index contributed by atoms with van der Waals surface area (Å²) in [7, 11) is 4.84. The quantitative estimate of drug-likeness (QED) is 0.855. The van der Waals surface area contributed by atoms with Crippen LogP contribution in [0.15, 0.2) is 18.2 Å². The first kappa shape index (κ1) is 16.8. The summed E-state index contributed by atoms with van der Waals surface area (Å²) in [4.78, 5) is 24.7.